The average molecular weight is 362 g/mol. The van der Waals surface area contributed by atoms with Crippen molar-refractivity contribution in [1.29, 1.82) is 0 Å². The minimum atomic E-state index is -1.29. The van der Waals surface area contributed by atoms with Gasteiger partial charge in [0.2, 0.25) is 5.91 Å². The fourth-order valence-electron chi connectivity index (χ4n) is 2.37. The van der Waals surface area contributed by atoms with Crippen LogP contribution < -0.4 is 11.1 Å². The van der Waals surface area contributed by atoms with Crippen LogP contribution in [0.3, 0.4) is 0 Å². The predicted octanol–water partition coefficient (Wildman–Crippen LogP) is 0.919. The molecule has 26 heavy (non-hydrogen) atoms. The predicted molar refractivity (Wildman–Crippen MR) is 91.1 cm³/mol. The maximum Gasteiger partial charge on any atom is 0.326 e. The Kier molecular flexibility index (Phi) is 6.13. The van der Waals surface area contributed by atoms with Gasteiger partial charge in [0.05, 0.1) is 6.04 Å². The first kappa shape index (κ1) is 19.2. The van der Waals surface area contributed by atoms with Crippen LogP contribution in [0.15, 0.2) is 42.5 Å². The molecule has 0 spiro atoms. The lowest BCUT2D eigenvalue weighted by Crippen LogP contribution is -2.50. The van der Waals surface area contributed by atoms with Crippen LogP contribution in [0.1, 0.15) is 11.1 Å². The third kappa shape index (κ3) is 5.18. The zero-order chi connectivity index (χ0) is 19.3. The normalized spacial score (nSPS) is 13.0. The maximum atomic E-state index is 13.4. The minimum Gasteiger partial charge on any atom is -0.508 e. The molecule has 0 radical (unpaired) electrons. The zero-order valence-electron chi connectivity index (χ0n) is 13.7. The molecule has 0 aliphatic rings. The van der Waals surface area contributed by atoms with Crippen molar-refractivity contribution in [3.8, 4) is 11.5 Å². The summed E-state index contributed by atoms with van der Waals surface area (Å²) >= 11 is 0. The Morgan fingerprint density at radius 2 is 1.65 bits per heavy atom. The number of phenols is 2. The largest absolute Gasteiger partial charge is 0.508 e. The molecule has 0 heterocycles. The molecule has 0 unspecified atom stereocenters. The van der Waals surface area contributed by atoms with Gasteiger partial charge < -0.3 is 26.4 Å². The van der Waals surface area contributed by atoms with Gasteiger partial charge in [0.1, 0.15) is 11.8 Å². The number of amides is 1. The molecule has 0 aromatic heterocycles. The number of aliphatic carboxylic acids is 1. The first-order valence-electron chi connectivity index (χ1n) is 7.80. The molecule has 2 aromatic rings. The number of carboxylic acid groups (broad SMARTS) is 1. The number of rotatable bonds is 7. The van der Waals surface area contributed by atoms with Crippen molar-refractivity contribution in [2.75, 3.05) is 0 Å². The first-order chi connectivity index (χ1) is 12.3. The van der Waals surface area contributed by atoms with Gasteiger partial charge in [0.15, 0.2) is 11.6 Å². The lowest BCUT2D eigenvalue weighted by Gasteiger charge is -2.18. The molecule has 0 aliphatic carbocycles. The molecule has 1 amide bonds. The Bertz CT molecular complexity index is 795. The SMILES string of the molecule is N[C@@H](Cc1ccc(O)cc1)C(=O)N[C@@H](Cc1ccc(O)c(F)c1)C(=O)O. The van der Waals surface area contributed by atoms with Gasteiger partial charge in [0.25, 0.3) is 0 Å². The number of carboxylic acids is 1. The zero-order valence-corrected chi connectivity index (χ0v) is 13.7. The van der Waals surface area contributed by atoms with Crippen molar-refractivity contribution in [3.05, 3.63) is 59.4 Å². The Hall–Kier alpha value is -3.13. The third-order valence-corrected chi connectivity index (χ3v) is 3.80. The number of phenolic OH excluding ortho intramolecular Hbond substituents is 2. The van der Waals surface area contributed by atoms with E-state index in [4.69, 9.17) is 10.8 Å². The van der Waals surface area contributed by atoms with Crippen molar-refractivity contribution >= 4 is 11.9 Å². The van der Waals surface area contributed by atoms with Crippen LogP contribution in [-0.4, -0.2) is 39.3 Å². The topological polar surface area (TPSA) is 133 Å². The first-order valence-corrected chi connectivity index (χ1v) is 7.80. The highest BCUT2D eigenvalue weighted by Crippen LogP contribution is 2.17. The lowest BCUT2D eigenvalue weighted by atomic mass is 10.0. The van der Waals surface area contributed by atoms with Gasteiger partial charge in [-0.15, -0.1) is 0 Å². The monoisotopic (exact) mass is 362 g/mol. The smallest absolute Gasteiger partial charge is 0.326 e. The highest BCUT2D eigenvalue weighted by atomic mass is 19.1. The molecule has 2 rings (SSSR count). The summed E-state index contributed by atoms with van der Waals surface area (Å²) in [6.07, 6.45) is -0.00348. The Morgan fingerprint density at radius 1 is 1.04 bits per heavy atom. The summed E-state index contributed by atoms with van der Waals surface area (Å²) < 4.78 is 13.4. The van der Waals surface area contributed by atoms with E-state index in [2.05, 4.69) is 5.32 Å². The summed E-state index contributed by atoms with van der Waals surface area (Å²) in [6, 6.07) is 7.34. The van der Waals surface area contributed by atoms with Crippen molar-refractivity contribution in [2.45, 2.75) is 24.9 Å². The van der Waals surface area contributed by atoms with Gasteiger partial charge in [-0.2, -0.15) is 0 Å². The molecule has 0 saturated carbocycles. The summed E-state index contributed by atoms with van der Waals surface area (Å²) in [5.41, 5.74) is 6.82. The summed E-state index contributed by atoms with van der Waals surface area (Å²) in [5, 5.41) is 30.0. The summed E-state index contributed by atoms with van der Waals surface area (Å²) in [4.78, 5) is 23.6. The van der Waals surface area contributed by atoms with Crippen LogP contribution in [0, 0.1) is 5.82 Å². The second-order valence-corrected chi connectivity index (χ2v) is 5.87. The van der Waals surface area contributed by atoms with E-state index in [-0.39, 0.29) is 18.6 Å². The van der Waals surface area contributed by atoms with Gasteiger partial charge in [-0.3, -0.25) is 4.79 Å². The molecule has 138 valence electrons. The van der Waals surface area contributed by atoms with E-state index in [1.807, 2.05) is 0 Å². The van der Waals surface area contributed by atoms with Gasteiger partial charge in [-0.25, -0.2) is 9.18 Å². The Balaban J connectivity index is 2.01. The quantitative estimate of drug-likeness (QED) is 0.497. The molecule has 8 heteroatoms. The standard InChI is InChI=1S/C18H19FN2O5/c19-13-7-11(3-6-16(13)23)9-15(18(25)26)21-17(24)14(20)8-10-1-4-12(22)5-2-10/h1-7,14-15,22-23H,8-9,20H2,(H,21,24)(H,25,26)/t14-,15-/m0/s1. The van der Waals surface area contributed by atoms with Crippen molar-refractivity contribution < 1.29 is 29.3 Å². The van der Waals surface area contributed by atoms with E-state index in [0.29, 0.717) is 11.1 Å². The highest BCUT2D eigenvalue weighted by Gasteiger charge is 2.24. The Morgan fingerprint density at radius 3 is 2.23 bits per heavy atom. The molecular weight excluding hydrogens is 343 g/mol. The number of carbonyl (C=O) groups is 2. The summed E-state index contributed by atoms with van der Waals surface area (Å²) in [7, 11) is 0. The van der Waals surface area contributed by atoms with Crippen LogP contribution in [0.5, 0.6) is 11.5 Å². The minimum absolute atomic E-state index is 0.0823. The number of halogens is 1. The number of nitrogens with two attached hydrogens (primary N) is 1. The highest BCUT2D eigenvalue weighted by molar-refractivity contribution is 5.87. The van der Waals surface area contributed by atoms with Gasteiger partial charge in [-0.05, 0) is 41.8 Å². The van der Waals surface area contributed by atoms with Crippen LogP contribution in [0.2, 0.25) is 0 Å². The number of hydrogen-bond acceptors (Lipinski definition) is 5. The molecule has 0 fully saturated rings. The summed E-state index contributed by atoms with van der Waals surface area (Å²) in [6.45, 7) is 0. The molecule has 7 nitrogen and oxygen atoms in total. The number of carbonyl (C=O) groups excluding carboxylic acids is 1. The van der Waals surface area contributed by atoms with Gasteiger partial charge in [0, 0.05) is 6.42 Å². The number of hydrogen-bond donors (Lipinski definition) is 5. The van der Waals surface area contributed by atoms with Crippen LogP contribution in [0.4, 0.5) is 4.39 Å². The molecule has 2 aromatic carbocycles. The molecule has 2 atom stereocenters. The fraction of sp³-hybridized carbons (Fsp3) is 0.222. The van der Waals surface area contributed by atoms with Crippen LogP contribution in [-0.2, 0) is 22.4 Å². The van der Waals surface area contributed by atoms with E-state index in [1.54, 1.807) is 12.1 Å². The molecule has 6 N–H and O–H groups in total. The van der Waals surface area contributed by atoms with Crippen molar-refractivity contribution in [1.82, 2.24) is 5.32 Å². The molecule has 0 bridgehead atoms. The maximum absolute atomic E-state index is 13.4. The van der Waals surface area contributed by atoms with E-state index in [1.165, 1.54) is 18.2 Å². The van der Waals surface area contributed by atoms with E-state index < -0.39 is 35.5 Å². The second kappa shape index (κ2) is 8.30. The number of aromatic hydroxyl groups is 2. The lowest BCUT2D eigenvalue weighted by molar-refractivity contribution is -0.141. The van der Waals surface area contributed by atoms with Crippen molar-refractivity contribution in [2.24, 2.45) is 5.73 Å². The van der Waals surface area contributed by atoms with E-state index >= 15 is 0 Å². The second-order valence-electron chi connectivity index (χ2n) is 5.87. The van der Waals surface area contributed by atoms with Crippen LogP contribution in [0.25, 0.3) is 0 Å². The summed E-state index contributed by atoms with van der Waals surface area (Å²) in [5.74, 6) is -3.28. The average Bonchev–Trinajstić information content (AvgIpc) is 2.59. The van der Waals surface area contributed by atoms with Crippen molar-refractivity contribution in [3.63, 3.8) is 0 Å². The third-order valence-electron chi connectivity index (χ3n) is 3.80. The fourth-order valence-corrected chi connectivity index (χ4v) is 2.37. The van der Waals surface area contributed by atoms with Gasteiger partial charge in [-0.1, -0.05) is 18.2 Å². The van der Waals surface area contributed by atoms with Crippen LogP contribution >= 0.6 is 0 Å². The number of benzene rings is 2. The molecule has 0 aliphatic heterocycles. The van der Waals surface area contributed by atoms with E-state index in [0.717, 1.165) is 12.1 Å². The number of nitrogens with one attached hydrogen (secondary N) is 1. The Labute approximate surface area is 148 Å². The molecule has 0 saturated heterocycles. The molecular formula is C18H19FN2O5. The van der Waals surface area contributed by atoms with E-state index in [9.17, 15) is 24.2 Å². The van der Waals surface area contributed by atoms with Gasteiger partial charge >= 0.3 is 5.97 Å².